The molecule has 0 unspecified atom stereocenters. The molecule has 0 bridgehead atoms. The molecule has 4 N–H and O–H groups in total. The molecule has 8 heteroatoms. The molecule has 0 radical (unpaired) electrons. The Bertz CT molecular complexity index is 709. The van der Waals surface area contributed by atoms with Crippen molar-refractivity contribution in [3.8, 4) is 10.4 Å². The Hall–Kier alpha value is -1.74. The second-order valence-electron chi connectivity index (χ2n) is 3.71. The number of benzene rings is 1. The SMILES string of the molecule is CN.COC(=O)c1cc(S(N)(=O)=O)sc1-c1ccccc1. The summed E-state index contributed by atoms with van der Waals surface area (Å²) >= 11 is 0.949. The van der Waals surface area contributed by atoms with Crippen LogP contribution in [0.15, 0.2) is 40.6 Å². The number of methoxy groups -OCH3 is 1. The molecule has 0 aliphatic heterocycles. The van der Waals surface area contributed by atoms with Crippen LogP contribution in [0.25, 0.3) is 10.4 Å². The molecule has 0 amide bonds. The smallest absolute Gasteiger partial charge is 0.339 e. The van der Waals surface area contributed by atoms with Gasteiger partial charge in [0.05, 0.1) is 17.6 Å². The van der Waals surface area contributed by atoms with Gasteiger partial charge in [-0.05, 0) is 18.7 Å². The van der Waals surface area contributed by atoms with Crippen LogP contribution in [0.5, 0.6) is 0 Å². The number of esters is 1. The molecular formula is C13H16N2O4S2. The molecule has 2 aromatic rings. The Kier molecular flexibility index (Phi) is 6.03. The summed E-state index contributed by atoms with van der Waals surface area (Å²) in [4.78, 5) is 12.2. The van der Waals surface area contributed by atoms with Gasteiger partial charge in [0.25, 0.3) is 0 Å². The molecular weight excluding hydrogens is 312 g/mol. The van der Waals surface area contributed by atoms with Crippen LogP contribution in [0.2, 0.25) is 0 Å². The van der Waals surface area contributed by atoms with Crippen LogP contribution in [0.4, 0.5) is 0 Å². The van der Waals surface area contributed by atoms with E-state index in [-0.39, 0.29) is 9.77 Å². The monoisotopic (exact) mass is 328 g/mol. The van der Waals surface area contributed by atoms with E-state index in [9.17, 15) is 13.2 Å². The maximum Gasteiger partial charge on any atom is 0.339 e. The zero-order valence-electron chi connectivity index (χ0n) is 11.6. The topological polar surface area (TPSA) is 112 Å². The van der Waals surface area contributed by atoms with Crippen molar-refractivity contribution in [1.29, 1.82) is 0 Å². The van der Waals surface area contributed by atoms with Gasteiger partial charge in [0, 0.05) is 0 Å². The summed E-state index contributed by atoms with van der Waals surface area (Å²) in [5, 5.41) is 5.09. The van der Waals surface area contributed by atoms with Crippen LogP contribution in [0.1, 0.15) is 10.4 Å². The van der Waals surface area contributed by atoms with Gasteiger partial charge >= 0.3 is 5.97 Å². The van der Waals surface area contributed by atoms with E-state index in [0.29, 0.717) is 4.88 Å². The zero-order chi connectivity index (χ0) is 16.0. The third kappa shape index (κ3) is 4.11. The molecule has 0 atom stereocenters. The van der Waals surface area contributed by atoms with Gasteiger partial charge in [-0.1, -0.05) is 30.3 Å². The number of hydrogen-bond donors (Lipinski definition) is 2. The molecule has 6 nitrogen and oxygen atoms in total. The lowest BCUT2D eigenvalue weighted by atomic mass is 10.1. The van der Waals surface area contributed by atoms with E-state index >= 15 is 0 Å². The molecule has 1 aromatic heterocycles. The fraction of sp³-hybridized carbons (Fsp3) is 0.154. The number of carbonyl (C=O) groups is 1. The highest BCUT2D eigenvalue weighted by atomic mass is 32.2. The van der Waals surface area contributed by atoms with Gasteiger partial charge in [0.15, 0.2) is 0 Å². The van der Waals surface area contributed by atoms with Crippen molar-refractivity contribution in [3.63, 3.8) is 0 Å². The summed E-state index contributed by atoms with van der Waals surface area (Å²) in [6.45, 7) is 0. The minimum Gasteiger partial charge on any atom is -0.465 e. The number of ether oxygens (including phenoxy) is 1. The van der Waals surface area contributed by atoms with Crippen LogP contribution >= 0.6 is 11.3 Å². The van der Waals surface area contributed by atoms with E-state index in [1.54, 1.807) is 24.3 Å². The van der Waals surface area contributed by atoms with Gasteiger partial charge in [-0.3, -0.25) is 0 Å². The number of thiophene rings is 1. The third-order valence-electron chi connectivity index (χ3n) is 2.43. The van der Waals surface area contributed by atoms with Crippen molar-refractivity contribution in [2.24, 2.45) is 10.9 Å². The molecule has 0 aliphatic carbocycles. The van der Waals surface area contributed by atoms with Crippen molar-refractivity contribution in [1.82, 2.24) is 0 Å². The minimum atomic E-state index is -3.84. The maximum atomic E-state index is 11.7. The van der Waals surface area contributed by atoms with E-state index in [1.165, 1.54) is 20.2 Å². The molecule has 0 fully saturated rings. The molecule has 1 aromatic carbocycles. The van der Waals surface area contributed by atoms with Crippen LogP contribution in [0.3, 0.4) is 0 Å². The van der Waals surface area contributed by atoms with Crippen LogP contribution in [0, 0.1) is 0 Å². The Balaban J connectivity index is 0.00000106. The van der Waals surface area contributed by atoms with Gasteiger partial charge in [0.1, 0.15) is 4.21 Å². The summed E-state index contributed by atoms with van der Waals surface area (Å²) < 4.78 is 27.3. The summed E-state index contributed by atoms with van der Waals surface area (Å²) in [6.07, 6.45) is 0. The number of primary sulfonamides is 1. The van der Waals surface area contributed by atoms with Gasteiger partial charge < -0.3 is 10.5 Å². The van der Waals surface area contributed by atoms with Crippen LogP contribution < -0.4 is 10.9 Å². The average molecular weight is 328 g/mol. The van der Waals surface area contributed by atoms with Gasteiger partial charge in [-0.15, -0.1) is 11.3 Å². The molecule has 2 rings (SSSR count). The summed E-state index contributed by atoms with van der Waals surface area (Å²) in [5.41, 5.74) is 5.44. The largest absolute Gasteiger partial charge is 0.465 e. The summed E-state index contributed by atoms with van der Waals surface area (Å²) in [7, 11) is -1.10. The maximum absolute atomic E-state index is 11.7. The number of carbonyl (C=O) groups excluding carboxylic acids is 1. The highest BCUT2D eigenvalue weighted by Gasteiger charge is 2.22. The van der Waals surface area contributed by atoms with E-state index in [0.717, 1.165) is 16.9 Å². The molecule has 114 valence electrons. The highest BCUT2D eigenvalue weighted by Crippen LogP contribution is 2.34. The Morgan fingerprint density at radius 1 is 1.19 bits per heavy atom. The Morgan fingerprint density at radius 2 is 1.76 bits per heavy atom. The predicted octanol–water partition coefficient (Wildman–Crippen LogP) is 1.42. The quantitative estimate of drug-likeness (QED) is 0.828. The number of nitrogens with two attached hydrogens (primary N) is 2. The average Bonchev–Trinajstić information content (AvgIpc) is 2.95. The van der Waals surface area contributed by atoms with Crippen molar-refractivity contribution in [2.45, 2.75) is 4.21 Å². The Labute approximate surface area is 127 Å². The Morgan fingerprint density at radius 3 is 2.24 bits per heavy atom. The first kappa shape index (κ1) is 17.3. The van der Waals surface area contributed by atoms with Gasteiger partial charge in [0.2, 0.25) is 10.0 Å². The fourth-order valence-corrected chi connectivity index (χ4v) is 3.46. The molecule has 0 aliphatic rings. The lowest BCUT2D eigenvalue weighted by Crippen LogP contribution is -2.10. The first-order chi connectivity index (χ1) is 9.93. The van der Waals surface area contributed by atoms with E-state index in [2.05, 4.69) is 10.5 Å². The lowest BCUT2D eigenvalue weighted by molar-refractivity contribution is 0.0602. The third-order valence-corrected chi connectivity index (χ3v) is 5.04. The summed E-state index contributed by atoms with van der Waals surface area (Å²) in [5.74, 6) is -0.593. The van der Waals surface area contributed by atoms with Crippen molar-refractivity contribution in [2.75, 3.05) is 14.2 Å². The van der Waals surface area contributed by atoms with Crippen molar-refractivity contribution < 1.29 is 17.9 Å². The van der Waals surface area contributed by atoms with E-state index in [4.69, 9.17) is 5.14 Å². The van der Waals surface area contributed by atoms with Crippen LogP contribution in [-0.4, -0.2) is 28.5 Å². The van der Waals surface area contributed by atoms with Crippen molar-refractivity contribution >= 4 is 27.3 Å². The zero-order valence-corrected chi connectivity index (χ0v) is 13.2. The normalized spacial score (nSPS) is 10.5. The van der Waals surface area contributed by atoms with E-state index < -0.39 is 16.0 Å². The number of rotatable bonds is 3. The number of sulfonamides is 1. The standard InChI is InChI=1S/C12H11NO4S2.CH5N/c1-17-12(14)9-7-10(19(13,15)16)18-11(9)8-5-3-2-4-6-8;1-2/h2-7H,1H3,(H2,13,15,16);2H2,1H3. The molecule has 21 heavy (non-hydrogen) atoms. The van der Waals surface area contributed by atoms with Crippen molar-refractivity contribution in [3.05, 3.63) is 42.0 Å². The molecule has 0 saturated heterocycles. The summed E-state index contributed by atoms with van der Waals surface area (Å²) in [6, 6.07) is 10.2. The highest BCUT2D eigenvalue weighted by molar-refractivity contribution is 7.91. The minimum absolute atomic E-state index is 0.0632. The first-order valence-electron chi connectivity index (χ1n) is 5.81. The van der Waals surface area contributed by atoms with Crippen LogP contribution in [-0.2, 0) is 14.8 Å². The first-order valence-corrected chi connectivity index (χ1v) is 8.18. The van der Waals surface area contributed by atoms with E-state index in [1.807, 2.05) is 6.07 Å². The number of hydrogen-bond acceptors (Lipinski definition) is 6. The van der Waals surface area contributed by atoms with Gasteiger partial charge in [-0.25, -0.2) is 18.4 Å². The lowest BCUT2D eigenvalue weighted by Gasteiger charge is -2.01. The molecule has 0 spiro atoms. The predicted molar refractivity (Wildman–Crippen MR) is 82.6 cm³/mol. The molecule has 0 saturated carbocycles. The molecule has 1 heterocycles. The second-order valence-corrected chi connectivity index (χ2v) is 6.55. The second kappa shape index (κ2) is 7.32. The van der Waals surface area contributed by atoms with Gasteiger partial charge in [-0.2, -0.15) is 0 Å². The fourth-order valence-electron chi connectivity index (χ4n) is 1.57.